The molecule has 1 aromatic rings. The summed E-state index contributed by atoms with van der Waals surface area (Å²) in [5.74, 6) is 0.604. The van der Waals surface area contributed by atoms with E-state index in [-0.39, 0.29) is 23.9 Å². The van der Waals surface area contributed by atoms with E-state index in [1.165, 1.54) is 12.8 Å². The molecule has 0 spiro atoms. The lowest BCUT2D eigenvalue weighted by Crippen LogP contribution is -2.38. The van der Waals surface area contributed by atoms with Gasteiger partial charge in [-0.1, -0.05) is 51.1 Å². The van der Waals surface area contributed by atoms with Crippen LogP contribution in [-0.4, -0.2) is 23.6 Å². The quantitative estimate of drug-likeness (QED) is 0.897. The first-order valence-corrected chi connectivity index (χ1v) is 9.34. The van der Waals surface area contributed by atoms with Crippen molar-refractivity contribution in [1.29, 1.82) is 0 Å². The molecule has 1 N–H and O–H groups in total. The van der Waals surface area contributed by atoms with Crippen LogP contribution in [0.25, 0.3) is 0 Å². The van der Waals surface area contributed by atoms with Gasteiger partial charge in [0.2, 0.25) is 0 Å². The standard InChI is InChI=1S/C21H30O3/c1-19(2)15-10-12-20(19,3)18-17(15)23-16(24-18)11-13-21(4,22)14-8-6-5-7-9-14/h5-9,15-18,22H,10-13H2,1-4H3/t15?,16?,17?,18?,20?,21-/m0/s1. The predicted octanol–water partition coefficient (Wildman–Crippen LogP) is 4.24. The Hall–Kier alpha value is -0.900. The predicted molar refractivity (Wildman–Crippen MR) is 93.4 cm³/mol. The molecule has 3 fully saturated rings. The molecule has 0 aromatic heterocycles. The number of aliphatic hydroxyl groups is 1. The lowest BCUT2D eigenvalue weighted by Gasteiger charge is -2.38. The van der Waals surface area contributed by atoms with Gasteiger partial charge in [-0.2, -0.15) is 0 Å². The lowest BCUT2D eigenvalue weighted by atomic mass is 9.70. The van der Waals surface area contributed by atoms with E-state index in [1.807, 2.05) is 37.3 Å². The van der Waals surface area contributed by atoms with Crippen LogP contribution in [0.5, 0.6) is 0 Å². The third-order valence-electron chi connectivity index (χ3n) is 7.57. The molecular formula is C21H30O3. The fourth-order valence-electron chi connectivity index (χ4n) is 5.46. The van der Waals surface area contributed by atoms with E-state index in [4.69, 9.17) is 9.47 Å². The van der Waals surface area contributed by atoms with Crippen molar-refractivity contribution in [3.05, 3.63) is 35.9 Å². The van der Waals surface area contributed by atoms with Gasteiger partial charge >= 0.3 is 0 Å². The number of rotatable bonds is 4. The molecule has 3 nitrogen and oxygen atoms in total. The minimum atomic E-state index is -0.839. The molecule has 0 radical (unpaired) electrons. The largest absolute Gasteiger partial charge is 0.385 e. The highest BCUT2D eigenvalue weighted by Gasteiger charge is 2.70. The zero-order valence-electron chi connectivity index (χ0n) is 15.3. The van der Waals surface area contributed by atoms with E-state index < -0.39 is 5.60 Å². The molecule has 132 valence electrons. The fraction of sp³-hybridized carbons (Fsp3) is 0.714. The number of ether oxygens (including phenoxy) is 2. The summed E-state index contributed by atoms with van der Waals surface area (Å²) >= 11 is 0. The topological polar surface area (TPSA) is 38.7 Å². The van der Waals surface area contributed by atoms with Crippen molar-refractivity contribution in [3.8, 4) is 0 Å². The normalized spacial score (nSPS) is 42.0. The van der Waals surface area contributed by atoms with Crippen molar-refractivity contribution in [2.75, 3.05) is 0 Å². The summed E-state index contributed by atoms with van der Waals surface area (Å²) in [5.41, 5.74) is 0.631. The van der Waals surface area contributed by atoms with Crippen LogP contribution in [0, 0.1) is 16.7 Å². The van der Waals surface area contributed by atoms with Crippen LogP contribution in [0.3, 0.4) is 0 Å². The van der Waals surface area contributed by atoms with E-state index in [9.17, 15) is 5.11 Å². The molecule has 24 heavy (non-hydrogen) atoms. The molecule has 2 aliphatic carbocycles. The minimum absolute atomic E-state index is 0.175. The van der Waals surface area contributed by atoms with Gasteiger partial charge in [0.25, 0.3) is 0 Å². The lowest BCUT2D eigenvalue weighted by molar-refractivity contribution is -0.123. The SMILES string of the molecule is CC1(C)C2CCC1(C)C1OC(CC[C@](C)(O)c3ccccc3)OC21. The first-order chi connectivity index (χ1) is 11.3. The summed E-state index contributed by atoms with van der Waals surface area (Å²) in [4.78, 5) is 0. The Bertz CT molecular complexity index is 609. The van der Waals surface area contributed by atoms with Crippen molar-refractivity contribution in [1.82, 2.24) is 0 Å². The molecule has 1 heterocycles. The third kappa shape index (κ3) is 2.21. The Morgan fingerprint density at radius 1 is 1.17 bits per heavy atom. The molecule has 2 bridgehead atoms. The van der Waals surface area contributed by atoms with Gasteiger partial charge in [0.1, 0.15) is 0 Å². The maximum Gasteiger partial charge on any atom is 0.158 e. The molecule has 3 aliphatic rings. The van der Waals surface area contributed by atoms with Crippen molar-refractivity contribution >= 4 is 0 Å². The Kier molecular flexibility index (Phi) is 3.66. The van der Waals surface area contributed by atoms with Gasteiger partial charge in [-0.25, -0.2) is 0 Å². The van der Waals surface area contributed by atoms with Gasteiger partial charge in [0.05, 0.1) is 17.8 Å². The van der Waals surface area contributed by atoms with E-state index in [1.54, 1.807) is 0 Å². The highest BCUT2D eigenvalue weighted by molar-refractivity contribution is 5.21. The number of hydrogen-bond donors (Lipinski definition) is 1. The third-order valence-corrected chi connectivity index (χ3v) is 7.57. The minimum Gasteiger partial charge on any atom is -0.385 e. The van der Waals surface area contributed by atoms with Crippen molar-refractivity contribution in [3.63, 3.8) is 0 Å². The maximum absolute atomic E-state index is 10.8. The second-order valence-electron chi connectivity index (χ2n) is 9.05. The van der Waals surface area contributed by atoms with E-state index in [0.717, 1.165) is 12.0 Å². The van der Waals surface area contributed by atoms with Gasteiger partial charge in [0.15, 0.2) is 6.29 Å². The first-order valence-electron chi connectivity index (χ1n) is 9.34. The zero-order valence-corrected chi connectivity index (χ0v) is 15.3. The van der Waals surface area contributed by atoms with Crippen molar-refractivity contribution in [2.45, 2.75) is 77.5 Å². The van der Waals surface area contributed by atoms with Crippen LogP contribution >= 0.6 is 0 Å². The van der Waals surface area contributed by atoms with E-state index >= 15 is 0 Å². The molecule has 6 atom stereocenters. The second-order valence-corrected chi connectivity index (χ2v) is 9.05. The summed E-state index contributed by atoms with van der Waals surface area (Å²) in [6.07, 6.45) is 4.16. The summed E-state index contributed by atoms with van der Waals surface area (Å²) in [6, 6.07) is 9.88. The molecular weight excluding hydrogens is 300 g/mol. The van der Waals surface area contributed by atoms with Gasteiger partial charge in [-0.15, -0.1) is 0 Å². The van der Waals surface area contributed by atoms with Crippen LogP contribution < -0.4 is 0 Å². The summed E-state index contributed by atoms with van der Waals surface area (Å²) < 4.78 is 12.7. The number of fused-ring (bicyclic) bond motifs is 5. The highest BCUT2D eigenvalue weighted by atomic mass is 16.7. The maximum atomic E-state index is 10.8. The smallest absolute Gasteiger partial charge is 0.158 e. The van der Waals surface area contributed by atoms with E-state index in [0.29, 0.717) is 17.8 Å². The molecule has 1 saturated heterocycles. The Morgan fingerprint density at radius 2 is 1.88 bits per heavy atom. The Balaban J connectivity index is 1.41. The number of hydrogen-bond acceptors (Lipinski definition) is 3. The van der Waals surface area contributed by atoms with E-state index in [2.05, 4.69) is 20.8 Å². The molecule has 5 unspecified atom stereocenters. The number of benzene rings is 1. The second kappa shape index (κ2) is 5.30. The van der Waals surface area contributed by atoms with Gasteiger partial charge < -0.3 is 14.6 Å². The van der Waals surface area contributed by atoms with Crippen molar-refractivity contribution < 1.29 is 14.6 Å². The molecule has 3 heteroatoms. The van der Waals surface area contributed by atoms with Gasteiger partial charge in [0, 0.05) is 11.8 Å². The monoisotopic (exact) mass is 330 g/mol. The van der Waals surface area contributed by atoms with Crippen LogP contribution in [0.15, 0.2) is 30.3 Å². The molecule has 1 aliphatic heterocycles. The Labute approximate surface area is 145 Å². The zero-order chi connectivity index (χ0) is 17.2. The van der Waals surface area contributed by atoms with Crippen LogP contribution in [0.1, 0.15) is 58.9 Å². The highest BCUT2D eigenvalue weighted by Crippen LogP contribution is 2.68. The Morgan fingerprint density at radius 3 is 2.54 bits per heavy atom. The first kappa shape index (κ1) is 16.6. The molecule has 0 amide bonds. The van der Waals surface area contributed by atoms with Gasteiger partial charge in [-0.3, -0.25) is 0 Å². The van der Waals surface area contributed by atoms with Crippen LogP contribution in [-0.2, 0) is 15.1 Å². The van der Waals surface area contributed by atoms with Crippen LogP contribution in [0.2, 0.25) is 0 Å². The van der Waals surface area contributed by atoms with Crippen molar-refractivity contribution in [2.24, 2.45) is 16.7 Å². The molecule has 1 aromatic carbocycles. The molecule has 2 saturated carbocycles. The van der Waals surface area contributed by atoms with Gasteiger partial charge in [-0.05, 0) is 43.1 Å². The molecule has 4 rings (SSSR count). The summed E-state index contributed by atoms with van der Waals surface area (Å²) in [6.45, 7) is 9.02. The summed E-state index contributed by atoms with van der Waals surface area (Å²) in [5, 5.41) is 10.8. The average molecular weight is 330 g/mol. The van der Waals surface area contributed by atoms with Crippen LogP contribution in [0.4, 0.5) is 0 Å². The summed E-state index contributed by atoms with van der Waals surface area (Å²) in [7, 11) is 0. The average Bonchev–Trinajstić information content (AvgIpc) is 3.12. The fourth-order valence-corrected chi connectivity index (χ4v) is 5.46.